The Bertz CT molecular complexity index is 1030. The SMILES string of the molecule is CC(=O)N1c2ccc(-c3ccc(O)cc3)cc2N(C(=O)c2ccco2)C[C@@H]1C. The van der Waals surface area contributed by atoms with Gasteiger partial charge in [-0.1, -0.05) is 18.2 Å². The smallest absolute Gasteiger partial charge is 0.294 e. The number of hydrogen-bond donors (Lipinski definition) is 1. The number of nitrogens with zero attached hydrogens (tertiary/aromatic N) is 2. The molecule has 1 aliphatic heterocycles. The first-order valence-electron chi connectivity index (χ1n) is 9.04. The number of aromatic hydroxyl groups is 1. The van der Waals surface area contributed by atoms with Gasteiger partial charge in [-0.3, -0.25) is 9.59 Å². The lowest BCUT2D eigenvalue weighted by atomic mass is 10.00. The molecule has 0 fully saturated rings. The molecule has 0 unspecified atom stereocenters. The molecule has 2 aromatic carbocycles. The maximum absolute atomic E-state index is 13.0. The summed E-state index contributed by atoms with van der Waals surface area (Å²) in [4.78, 5) is 28.6. The maximum Gasteiger partial charge on any atom is 0.294 e. The lowest BCUT2D eigenvalue weighted by Gasteiger charge is -2.40. The number of carbonyl (C=O) groups is 2. The van der Waals surface area contributed by atoms with Crippen molar-refractivity contribution in [1.82, 2.24) is 0 Å². The van der Waals surface area contributed by atoms with Crippen molar-refractivity contribution in [3.63, 3.8) is 0 Å². The van der Waals surface area contributed by atoms with Gasteiger partial charge in [-0.2, -0.15) is 0 Å². The van der Waals surface area contributed by atoms with Crippen molar-refractivity contribution >= 4 is 23.2 Å². The van der Waals surface area contributed by atoms with Crippen LogP contribution in [-0.2, 0) is 4.79 Å². The van der Waals surface area contributed by atoms with Gasteiger partial charge in [0.2, 0.25) is 5.91 Å². The average molecular weight is 376 g/mol. The lowest BCUT2D eigenvalue weighted by Crippen LogP contribution is -2.51. The maximum atomic E-state index is 13.0. The molecule has 28 heavy (non-hydrogen) atoms. The summed E-state index contributed by atoms with van der Waals surface area (Å²) in [6.45, 7) is 3.81. The zero-order valence-corrected chi connectivity index (χ0v) is 15.6. The molecule has 0 aliphatic carbocycles. The summed E-state index contributed by atoms with van der Waals surface area (Å²) in [5.74, 6) is 0.123. The third-order valence-electron chi connectivity index (χ3n) is 4.93. The van der Waals surface area contributed by atoms with E-state index in [1.807, 2.05) is 37.3 Å². The number of phenols is 1. The molecule has 2 amide bonds. The van der Waals surface area contributed by atoms with E-state index in [1.165, 1.54) is 13.2 Å². The normalized spacial score (nSPS) is 16.0. The summed E-state index contributed by atoms with van der Waals surface area (Å²) in [6.07, 6.45) is 1.47. The fourth-order valence-corrected chi connectivity index (χ4v) is 3.66. The minimum atomic E-state index is -0.246. The molecule has 142 valence electrons. The number of rotatable bonds is 2. The number of anilines is 2. The van der Waals surface area contributed by atoms with Gasteiger partial charge in [-0.25, -0.2) is 0 Å². The molecule has 1 aromatic heterocycles. The largest absolute Gasteiger partial charge is 0.508 e. The van der Waals surface area contributed by atoms with Crippen molar-refractivity contribution in [3.05, 3.63) is 66.6 Å². The van der Waals surface area contributed by atoms with Crippen molar-refractivity contribution in [2.45, 2.75) is 19.9 Å². The van der Waals surface area contributed by atoms with E-state index in [4.69, 9.17) is 4.42 Å². The number of carbonyl (C=O) groups excluding carboxylic acids is 2. The summed E-state index contributed by atoms with van der Waals surface area (Å²) in [5, 5.41) is 9.53. The minimum absolute atomic E-state index is 0.0729. The number of phenolic OH excluding ortho intramolecular Hbond substituents is 1. The van der Waals surface area contributed by atoms with E-state index in [9.17, 15) is 14.7 Å². The van der Waals surface area contributed by atoms with Crippen molar-refractivity contribution in [2.24, 2.45) is 0 Å². The van der Waals surface area contributed by atoms with Crippen LogP contribution in [0.1, 0.15) is 24.4 Å². The van der Waals surface area contributed by atoms with E-state index in [0.717, 1.165) is 11.1 Å². The van der Waals surface area contributed by atoms with E-state index in [2.05, 4.69) is 0 Å². The number of amides is 2. The van der Waals surface area contributed by atoms with Crippen LogP contribution in [0.5, 0.6) is 5.75 Å². The Kier molecular flexibility index (Phi) is 4.39. The molecular weight excluding hydrogens is 356 g/mol. The van der Waals surface area contributed by atoms with Crippen LogP contribution in [0, 0.1) is 0 Å². The first-order chi connectivity index (χ1) is 13.5. The van der Waals surface area contributed by atoms with Gasteiger partial charge < -0.3 is 19.3 Å². The van der Waals surface area contributed by atoms with Crippen LogP contribution in [0.3, 0.4) is 0 Å². The van der Waals surface area contributed by atoms with E-state index < -0.39 is 0 Å². The van der Waals surface area contributed by atoms with Gasteiger partial charge in [0.05, 0.1) is 23.7 Å². The van der Waals surface area contributed by atoms with Crippen molar-refractivity contribution in [2.75, 3.05) is 16.3 Å². The van der Waals surface area contributed by atoms with Gasteiger partial charge in [0, 0.05) is 13.5 Å². The number of fused-ring (bicyclic) bond motifs is 1. The first-order valence-corrected chi connectivity index (χ1v) is 9.04. The van der Waals surface area contributed by atoms with Gasteiger partial charge in [0.15, 0.2) is 5.76 Å². The van der Waals surface area contributed by atoms with Crippen LogP contribution < -0.4 is 9.80 Å². The second-order valence-corrected chi connectivity index (χ2v) is 6.88. The van der Waals surface area contributed by atoms with Crippen LogP contribution in [-0.4, -0.2) is 29.5 Å². The summed E-state index contributed by atoms with van der Waals surface area (Å²) < 4.78 is 5.30. The Hall–Kier alpha value is -3.54. The van der Waals surface area contributed by atoms with Gasteiger partial charge >= 0.3 is 0 Å². The zero-order valence-electron chi connectivity index (χ0n) is 15.6. The fourth-order valence-electron chi connectivity index (χ4n) is 3.66. The predicted molar refractivity (Wildman–Crippen MR) is 107 cm³/mol. The topological polar surface area (TPSA) is 74.0 Å². The summed E-state index contributed by atoms with van der Waals surface area (Å²) in [6, 6.07) is 15.7. The third kappa shape index (κ3) is 3.03. The highest BCUT2D eigenvalue weighted by molar-refractivity contribution is 6.10. The molecule has 1 N–H and O–H groups in total. The molecule has 0 spiro atoms. The minimum Gasteiger partial charge on any atom is -0.508 e. The highest BCUT2D eigenvalue weighted by Gasteiger charge is 2.34. The molecule has 0 bridgehead atoms. The van der Waals surface area contributed by atoms with Gasteiger partial charge in [0.1, 0.15) is 5.75 Å². The van der Waals surface area contributed by atoms with Crippen LogP contribution in [0.15, 0.2) is 65.3 Å². The molecule has 0 saturated carbocycles. The van der Waals surface area contributed by atoms with Gasteiger partial charge in [-0.05, 0) is 54.4 Å². The molecular formula is C22H20N2O4. The Balaban J connectivity index is 1.84. The molecule has 3 aromatic rings. The zero-order chi connectivity index (χ0) is 19.8. The molecule has 4 rings (SSSR count). The van der Waals surface area contributed by atoms with E-state index >= 15 is 0 Å². The second-order valence-electron chi connectivity index (χ2n) is 6.88. The Labute approximate surface area is 162 Å². The third-order valence-corrected chi connectivity index (χ3v) is 4.93. The van der Waals surface area contributed by atoms with Crippen molar-refractivity contribution in [3.8, 4) is 16.9 Å². The van der Waals surface area contributed by atoms with Crippen LogP contribution in [0.2, 0.25) is 0 Å². The Morgan fingerprint density at radius 2 is 1.75 bits per heavy atom. The summed E-state index contributed by atoms with van der Waals surface area (Å²) in [5.41, 5.74) is 3.13. The fraction of sp³-hybridized carbons (Fsp3) is 0.182. The molecule has 0 saturated heterocycles. The molecule has 1 aliphatic rings. The monoisotopic (exact) mass is 376 g/mol. The lowest BCUT2D eigenvalue weighted by molar-refractivity contribution is -0.117. The Morgan fingerprint density at radius 1 is 1.04 bits per heavy atom. The van der Waals surface area contributed by atoms with Crippen LogP contribution in [0.25, 0.3) is 11.1 Å². The molecule has 6 heteroatoms. The second kappa shape index (κ2) is 6.88. The average Bonchev–Trinajstić information content (AvgIpc) is 3.21. The Morgan fingerprint density at radius 3 is 2.39 bits per heavy atom. The standard InChI is InChI=1S/C22H20N2O4/c1-14-13-23(22(27)21-4-3-11-28-21)20-12-17(16-5-8-18(26)9-6-16)7-10-19(20)24(14)15(2)25/h3-12,14,26H,13H2,1-2H3/t14-/m0/s1. The van der Waals surface area contributed by atoms with Crippen LogP contribution >= 0.6 is 0 Å². The number of hydrogen-bond acceptors (Lipinski definition) is 4. The summed E-state index contributed by atoms with van der Waals surface area (Å²) in [7, 11) is 0. The van der Waals surface area contributed by atoms with E-state index in [-0.39, 0.29) is 29.4 Å². The van der Waals surface area contributed by atoms with Crippen molar-refractivity contribution in [1.29, 1.82) is 0 Å². The summed E-state index contributed by atoms with van der Waals surface area (Å²) >= 11 is 0. The quantitative estimate of drug-likeness (QED) is 0.732. The molecule has 6 nitrogen and oxygen atoms in total. The predicted octanol–water partition coefficient (Wildman–Crippen LogP) is 4.05. The first kappa shape index (κ1) is 17.9. The molecule has 1 atom stereocenters. The van der Waals surface area contributed by atoms with E-state index in [0.29, 0.717) is 17.9 Å². The van der Waals surface area contributed by atoms with Crippen LogP contribution in [0.4, 0.5) is 11.4 Å². The van der Waals surface area contributed by atoms with Gasteiger partial charge in [0.25, 0.3) is 5.91 Å². The number of furan rings is 1. The van der Waals surface area contributed by atoms with Gasteiger partial charge in [-0.15, -0.1) is 0 Å². The van der Waals surface area contributed by atoms with Crippen molar-refractivity contribution < 1.29 is 19.1 Å². The highest BCUT2D eigenvalue weighted by atomic mass is 16.3. The highest BCUT2D eigenvalue weighted by Crippen LogP contribution is 2.39. The molecule has 0 radical (unpaired) electrons. The number of benzene rings is 2. The molecule has 2 heterocycles. The van der Waals surface area contributed by atoms with E-state index in [1.54, 1.807) is 34.1 Å².